The Morgan fingerprint density at radius 3 is 2.73 bits per heavy atom. The molecule has 1 saturated carbocycles. The van der Waals surface area contributed by atoms with E-state index >= 15 is 0 Å². The van der Waals surface area contributed by atoms with Crippen LogP contribution in [0.2, 0.25) is 0 Å². The maximum Gasteiger partial charge on any atom is 0.253 e. The van der Waals surface area contributed by atoms with Crippen molar-refractivity contribution in [2.45, 2.75) is 52.6 Å². The summed E-state index contributed by atoms with van der Waals surface area (Å²) < 4.78 is 21.5. The number of aromatic nitrogens is 1. The molecular formula is C21H27FN2O2. The number of nitrogens with one attached hydrogen (secondary N) is 1. The predicted molar refractivity (Wildman–Crippen MR) is 101 cm³/mol. The first-order valence-corrected chi connectivity index (χ1v) is 9.29. The van der Waals surface area contributed by atoms with E-state index in [2.05, 4.69) is 9.88 Å². The van der Waals surface area contributed by atoms with Crippen LogP contribution in [0.1, 0.15) is 49.2 Å². The zero-order valence-corrected chi connectivity index (χ0v) is 15.9. The highest BCUT2D eigenvalue weighted by atomic mass is 19.1. The highest BCUT2D eigenvalue weighted by Gasteiger charge is 2.27. The van der Waals surface area contributed by atoms with Crippen LogP contribution in [0.4, 0.5) is 4.39 Å². The summed E-state index contributed by atoms with van der Waals surface area (Å²) in [7, 11) is 1.58. The average molecular weight is 358 g/mol. The molecule has 0 saturated heterocycles. The topological polar surface area (TPSA) is 43.3 Å². The van der Waals surface area contributed by atoms with Gasteiger partial charge in [-0.15, -0.1) is 0 Å². The Morgan fingerprint density at radius 1 is 1.38 bits per heavy atom. The standard InChI is InChI=1S/C21H27FN2O2/c1-5-13(2)23-21(25)17-11-19(24(14(17)3)12-15-6-7-15)18-10-16(22)8-9-20(18)26-4/h8-11,13,15H,5-7,12H2,1-4H3,(H,23,25)/t13-/m1/s1. The summed E-state index contributed by atoms with van der Waals surface area (Å²) in [6, 6.07) is 6.48. The third-order valence-corrected chi connectivity index (χ3v) is 5.18. The molecule has 4 nitrogen and oxygen atoms in total. The SMILES string of the molecule is CC[C@@H](C)NC(=O)c1cc(-c2cc(F)ccc2OC)n(CC2CC2)c1C. The molecule has 2 aromatic rings. The molecule has 1 fully saturated rings. The number of carbonyl (C=O) groups excluding carboxylic acids is 1. The molecule has 1 aromatic carbocycles. The van der Waals surface area contributed by atoms with Gasteiger partial charge in [0.15, 0.2) is 0 Å². The number of hydrogen-bond acceptors (Lipinski definition) is 2. The van der Waals surface area contributed by atoms with E-state index in [-0.39, 0.29) is 17.8 Å². The number of hydrogen-bond donors (Lipinski definition) is 1. The summed E-state index contributed by atoms with van der Waals surface area (Å²) in [4.78, 5) is 12.7. The van der Waals surface area contributed by atoms with Gasteiger partial charge in [-0.2, -0.15) is 0 Å². The maximum absolute atomic E-state index is 13.9. The number of benzene rings is 1. The van der Waals surface area contributed by atoms with Gasteiger partial charge in [0.05, 0.1) is 18.4 Å². The maximum atomic E-state index is 13.9. The quantitative estimate of drug-likeness (QED) is 0.789. The Bertz CT molecular complexity index is 809. The molecular weight excluding hydrogens is 331 g/mol. The molecule has 26 heavy (non-hydrogen) atoms. The summed E-state index contributed by atoms with van der Waals surface area (Å²) in [6.45, 7) is 6.84. The van der Waals surface area contributed by atoms with Crippen LogP contribution in [0, 0.1) is 18.7 Å². The Morgan fingerprint density at radius 2 is 2.12 bits per heavy atom. The zero-order chi connectivity index (χ0) is 18.8. The normalized spacial score (nSPS) is 15.0. The predicted octanol–water partition coefficient (Wildman–Crippen LogP) is 4.55. The van der Waals surface area contributed by atoms with Crippen LogP contribution in [0.3, 0.4) is 0 Å². The molecule has 1 aliphatic rings. The van der Waals surface area contributed by atoms with Crippen LogP contribution in [0.5, 0.6) is 5.75 Å². The molecule has 0 spiro atoms. The highest BCUT2D eigenvalue weighted by molar-refractivity contribution is 5.97. The Labute approximate surface area is 154 Å². The lowest BCUT2D eigenvalue weighted by molar-refractivity contribution is 0.0938. The van der Waals surface area contributed by atoms with Crippen molar-refractivity contribution in [1.29, 1.82) is 0 Å². The Balaban J connectivity index is 2.07. The molecule has 1 N–H and O–H groups in total. The van der Waals surface area contributed by atoms with Crippen molar-refractivity contribution < 1.29 is 13.9 Å². The number of amides is 1. The largest absolute Gasteiger partial charge is 0.496 e. The lowest BCUT2D eigenvalue weighted by Crippen LogP contribution is -2.32. The lowest BCUT2D eigenvalue weighted by atomic mass is 10.1. The van der Waals surface area contributed by atoms with Crippen LogP contribution < -0.4 is 10.1 Å². The average Bonchev–Trinajstić information content (AvgIpc) is 3.38. The van der Waals surface area contributed by atoms with Gasteiger partial charge in [-0.05, 0) is 63.3 Å². The first-order valence-electron chi connectivity index (χ1n) is 9.29. The van der Waals surface area contributed by atoms with E-state index in [1.165, 1.54) is 25.0 Å². The third-order valence-electron chi connectivity index (χ3n) is 5.18. The first-order chi connectivity index (χ1) is 12.4. The fourth-order valence-electron chi connectivity index (χ4n) is 3.18. The first kappa shape index (κ1) is 18.5. The van der Waals surface area contributed by atoms with E-state index in [4.69, 9.17) is 4.74 Å². The van der Waals surface area contributed by atoms with Gasteiger partial charge in [-0.25, -0.2) is 4.39 Å². The molecule has 1 atom stereocenters. The molecule has 1 aliphatic carbocycles. The van der Waals surface area contributed by atoms with Crippen molar-refractivity contribution >= 4 is 5.91 Å². The van der Waals surface area contributed by atoms with Crippen LogP contribution in [0.15, 0.2) is 24.3 Å². The van der Waals surface area contributed by atoms with Crippen molar-refractivity contribution in [1.82, 2.24) is 9.88 Å². The van der Waals surface area contributed by atoms with Gasteiger partial charge in [0.2, 0.25) is 0 Å². The van der Waals surface area contributed by atoms with Gasteiger partial charge in [0.1, 0.15) is 11.6 Å². The Kier molecular flexibility index (Phi) is 5.35. The second-order valence-electron chi connectivity index (χ2n) is 7.21. The van der Waals surface area contributed by atoms with Gasteiger partial charge in [-0.1, -0.05) is 6.92 Å². The molecule has 0 unspecified atom stereocenters. The fraction of sp³-hybridized carbons (Fsp3) is 0.476. The number of nitrogens with zero attached hydrogens (tertiary/aromatic N) is 1. The summed E-state index contributed by atoms with van der Waals surface area (Å²) in [5.74, 6) is 0.839. The van der Waals surface area contributed by atoms with Crippen molar-refractivity contribution in [3.05, 3.63) is 41.3 Å². The minimum atomic E-state index is -0.316. The highest BCUT2D eigenvalue weighted by Crippen LogP contribution is 2.38. The Hall–Kier alpha value is -2.30. The molecule has 1 heterocycles. The second-order valence-corrected chi connectivity index (χ2v) is 7.21. The molecule has 1 aromatic heterocycles. The van der Waals surface area contributed by atoms with E-state index < -0.39 is 0 Å². The smallest absolute Gasteiger partial charge is 0.253 e. The monoisotopic (exact) mass is 358 g/mol. The minimum absolute atomic E-state index is 0.0805. The molecule has 1 amide bonds. The second kappa shape index (κ2) is 7.52. The van der Waals surface area contributed by atoms with Crippen LogP contribution in [-0.2, 0) is 6.54 Å². The van der Waals surface area contributed by atoms with E-state index in [0.29, 0.717) is 22.8 Å². The van der Waals surface area contributed by atoms with Crippen molar-refractivity contribution in [3.63, 3.8) is 0 Å². The van der Waals surface area contributed by atoms with E-state index in [1.807, 2.05) is 26.8 Å². The molecule has 0 aliphatic heterocycles. The molecule has 0 radical (unpaired) electrons. The van der Waals surface area contributed by atoms with Gasteiger partial charge in [-0.3, -0.25) is 4.79 Å². The van der Waals surface area contributed by atoms with Gasteiger partial charge in [0, 0.05) is 23.8 Å². The van der Waals surface area contributed by atoms with Gasteiger partial charge < -0.3 is 14.6 Å². The number of ether oxygens (including phenoxy) is 1. The number of carbonyl (C=O) groups is 1. The number of rotatable bonds is 7. The summed E-state index contributed by atoms with van der Waals surface area (Å²) in [5.41, 5.74) is 3.07. The van der Waals surface area contributed by atoms with Crippen LogP contribution in [0.25, 0.3) is 11.3 Å². The third kappa shape index (κ3) is 3.76. The molecule has 140 valence electrons. The van der Waals surface area contributed by atoms with E-state index in [9.17, 15) is 9.18 Å². The van der Waals surface area contributed by atoms with Gasteiger partial charge >= 0.3 is 0 Å². The molecule has 3 rings (SSSR count). The zero-order valence-electron chi connectivity index (χ0n) is 15.9. The summed E-state index contributed by atoms with van der Waals surface area (Å²) in [6.07, 6.45) is 3.27. The minimum Gasteiger partial charge on any atom is -0.496 e. The molecule has 0 bridgehead atoms. The van der Waals surface area contributed by atoms with Crippen LogP contribution >= 0.6 is 0 Å². The van der Waals surface area contributed by atoms with Crippen molar-refractivity contribution in [3.8, 4) is 17.0 Å². The van der Waals surface area contributed by atoms with Crippen LogP contribution in [-0.4, -0.2) is 23.6 Å². The number of halogens is 1. The van der Waals surface area contributed by atoms with Gasteiger partial charge in [0.25, 0.3) is 5.91 Å². The summed E-state index contributed by atoms with van der Waals surface area (Å²) >= 11 is 0. The van der Waals surface area contributed by atoms with E-state index in [1.54, 1.807) is 13.2 Å². The van der Waals surface area contributed by atoms with Crippen molar-refractivity contribution in [2.24, 2.45) is 5.92 Å². The lowest BCUT2D eigenvalue weighted by Gasteiger charge is -2.14. The fourth-order valence-corrected chi connectivity index (χ4v) is 3.18. The molecule has 5 heteroatoms. The number of methoxy groups -OCH3 is 1. The van der Waals surface area contributed by atoms with Crippen molar-refractivity contribution in [2.75, 3.05) is 7.11 Å². The van der Waals surface area contributed by atoms with E-state index in [0.717, 1.165) is 24.4 Å². The summed E-state index contributed by atoms with van der Waals surface area (Å²) in [5, 5.41) is 3.03.